The van der Waals surface area contributed by atoms with Crippen LogP contribution < -0.4 is 14.8 Å². The second-order valence-electron chi connectivity index (χ2n) is 8.22. The fourth-order valence-electron chi connectivity index (χ4n) is 3.13. The van der Waals surface area contributed by atoms with Crippen LogP contribution in [0.2, 0.25) is 0 Å². The Hall–Kier alpha value is -2.49. The molecule has 2 aromatic rings. The zero-order valence-corrected chi connectivity index (χ0v) is 18.5. The minimum Gasteiger partial charge on any atom is -0.494 e. The third-order valence-corrected chi connectivity index (χ3v) is 4.86. The molecule has 0 aromatic heterocycles. The Morgan fingerprint density at radius 3 is 2.34 bits per heavy atom. The quantitative estimate of drug-likeness (QED) is 0.554. The molecule has 0 spiro atoms. The molecule has 0 heterocycles. The predicted octanol–water partition coefficient (Wildman–Crippen LogP) is 5.29. The number of carbonyl (C=O) groups excluding carboxylic acids is 1. The van der Waals surface area contributed by atoms with Gasteiger partial charge in [-0.3, -0.25) is 4.79 Å². The lowest BCUT2D eigenvalue weighted by Gasteiger charge is -2.21. The van der Waals surface area contributed by atoms with E-state index in [4.69, 9.17) is 9.47 Å². The van der Waals surface area contributed by atoms with Gasteiger partial charge in [0.2, 0.25) is 0 Å². The molecule has 0 saturated carbocycles. The molecule has 1 amide bonds. The normalized spacial score (nSPS) is 12.3. The van der Waals surface area contributed by atoms with Crippen LogP contribution >= 0.6 is 0 Å². The summed E-state index contributed by atoms with van der Waals surface area (Å²) in [7, 11) is 0. The largest absolute Gasteiger partial charge is 0.494 e. The van der Waals surface area contributed by atoms with Gasteiger partial charge in [-0.05, 0) is 60.9 Å². The van der Waals surface area contributed by atoms with Crippen molar-refractivity contribution in [3.63, 3.8) is 0 Å². The van der Waals surface area contributed by atoms with Crippen LogP contribution in [0.25, 0.3) is 0 Å². The van der Waals surface area contributed by atoms with Gasteiger partial charge in [0.05, 0.1) is 6.61 Å². The summed E-state index contributed by atoms with van der Waals surface area (Å²) < 4.78 is 11.6. The van der Waals surface area contributed by atoms with Crippen LogP contribution in [0.3, 0.4) is 0 Å². The zero-order chi connectivity index (χ0) is 21.3. The maximum absolute atomic E-state index is 12.5. The van der Waals surface area contributed by atoms with Gasteiger partial charge in [0.15, 0.2) is 6.10 Å². The van der Waals surface area contributed by atoms with E-state index in [0.29, 0.717) is 19.6 Å². The van der Waals surface area contributed by atoms with Gasteiger partial charge >= 0.3 is 0 Å². The summed E-state index contributed by atoms with van der Waals surface area (Å²) in [6, 6.07) is 16.1. The van der Waals surface area contributed by atoms with Gasteiger partial charge < -0.3 is 14.8 Å². The van der Waals surface area contributed by atoms with E-state index in [2.05, 4.69) is 44.3 Å². The molecule has 4 heteroatoms. The van der Waals surface area contributed by atoms with Crippen LogP contribution in [0.4, 0.5) is 0 Å². The van der Waals surface area contributed by atoms with Gasteiger partial charge in [0, 0.05) is 6.54 Å². The Morgan fingerprint density at radius 1 is 1.03 bits per heavy atom. The molecule has 0 aliphatic heterocycles. The Morgan fingerprint density at radius 2 is 1.72 bits per heavy atom. The number of aryl methyl sites for hydroxylation is 1. The number of carbonyl (C=O) groups is 1. The number of ether oxygens (including phenoxy) is 2. The number of hydrogen-bond donors (Lipinski definition) is 1. The molecular weight excluding hydrogens is 362 g/mol. The van der Waals surface area contributed by atoms with Crippen molar-refractivity contribution in [3.8, 4) is 11.5 Å². The lowest BCUT2D eigenvalue weighted by atomic mass is 9.87. The Kier molecular flexibility index (Phi) is 8.56. The summed E-state index contributed by atoms with van der Waals surface area (Å²) in [6.45, 7) is 11.8. The highest BCUT2D eigenvalue weighted by Crippen LogP contribution is 2.25. The predicted molar refractivity (Wildman–Crippen MR) is 119 cm³/mol. The van der Waals surface area contributed by atoms with Gasteiger partial charge in [0.1, 0.15) is 11.5 Å². The molecule has 0 bridgehead atoms. The number of hydrogen-bond acceptors (Lipinski definition) is 3. The second-order valence-corrected chi connectivity index (χ2v) is 8.22. The van der Waals surface area contributed by atoms with E-state index in [1.54, 1.807) is 0 Å². The van der Waals surface area contributed by atoms with Gasteiger partial charge in [-0.2, -0.15) is 0 Å². The van der Waals surface area contributed by atoms with E-state index in [1.165, 1.54) is 11.1 Å². The van der Waals surface area contributed by atoms with Crippen LogP contribution in [-0.2, 0) is 16.6 Å². The fraction of sp³-hybridized carbons (Fsp3) is 0.480. The third kappa shape index (κ3) is 7.12. The summed E-state index contributed by atoms with van der Waals surface area (Å²) in [4.78, 5) is 12.5. The Labute approximate surface area is 175 Å². The van der Waals surface area contributed by atoms with E-state index in [9.17, 15) is 4.79 Å². The average molecular weight is 398 g/mol. The van der Waals surface area contributed by atoms with Crippen molar-refractivity contribution in [3.05, 3.63) is 59.7 Å². The minimum atomic E-state index is -0.480. The lowest BCUT2D eigenvalue weighted by Crippen LogP contribution is -2.38. The van der Waals surface area contributed by atoms with E-state index >= 15 is 0 Å². The molecule has 0 aliphatic rings. The third-order valence-electron chi connectivity index (χ3n) is 4.86. The highest BCUT2D eigenvalue weighted by atomic mass is 16.5. The summed E-state index contributed by atoms with van der Waals surface area (Å²) in [5, 5.41) is 3.01. The molecule has 4 nitrogen and oxygen atoms in total. The monoisotopic (exact) mass is 397 g/mol. The van der Waals surface area contributed by atoms with Crippen LogP contribution in [0.15, 0.2) is 48.5 Å². The molecule has 0 saturated heterocycles. The van der Waals surface area contributed by atoms with E-state index in [0.717, 1.165) is 24.3 Å². The number of para-hydroxylation sites is 1. The second kappa shape index (κ2) is 10.9. The van der Waals surface area contributed by atoms with Gasteiger partial charge in [-0.1, -0.05) is 58.0 Å². The highest BCUT2D eigenvalue weighted by molar-refractivity contribution is 5.81. The SMILES string of the molecule is CCOc1ccccc1CCCNC(=O)[C@@H](CC)Oc1ccc(C(C)(C)C)cc1. The first-order valence-electron chi connectivity index (χ1n) is 10.6. The Bertz CT molecular complexity index is 762. The van der Waals surface area contributed by atoms with Crippen molar-refractivity contribution >= 4 is 5.91 Å². The van der Waals surface area contributed by atoms with Crippen molar-refractivity contribution in [1.82, 2.24) is 5.32 Å². The van der Waals surface area contributed by atoms with Crippen LogP contribution in [-0.4, -0.2) is 25.2 Å². The number of benzene rings is 2. The summed E-state index contributed by atoms with van der Waals surface area (Å²) in [5.74, 6) is 1.59. The molecular formula is C25H35NO3. The number of amides is 1. The molecule has 0 fully saturated rings. The van der Waals surface area contributed by atoms with Gasteiger partial charge in [0.25, 0.3) is 5.91 Å². The van der Waals surface area contributed by atoms with E-state index < -0.39 is 6.10 Å². The molecule has 0 aliphatic carbocycles. The highest BCUT2D eigenvalue weighted by Gasteiger charge is 2.19. The maximum atomic E-state index is 12.5. The van der Waals surface area contributed by atoms with Crippen molar-refractivity contribution in [2.24, 2.45) is 0 Å². The maximum Gasteiger partial charge on any atom is 0.261 e. The molecule has 2 rings (SSSR count). The minimum absolute atomic E-state index is 0.0644. The molecule has 29 heavy (non-hydrogen) atoms. The van der Waals surface area contributed by atoms with Crippen molar-refractivity contribution in [2.75, 3.05) is 13.2 Å². The summed E-state index contributed by atoms with van der Waals surface area (Å²) >= 11 is 0. The van der Waals surface area contributed by atoms with Crippen LogP contribution in [0.1, 0.15) is 58.6 Å². The first-order valence-corrected chi connectivity index (χ1v) is 10.6. The van der Waals surface area contributed by atoms with Crippen LogP contribution in [0, 0.1) is 0 Å². The van der Waals surface area contributed by atoms with Crippen molar-refractivity contribution in [1.29, 1.82) is 0 Å². The summed E-state index contributed by atoms with van der Waals surface area (Å²) in [6.07, 6.45) is 1.86. The van der Waals surface area contributed by atoms with Crippen molar-refractivity contribution < 1.29 is 14.3 Å². The smallest absolute Gasteiger partial charge is 0.261 e. The first kappa shape index (κ1) is 22.8. The molecule has 0 radical (unpaired) electrons. The lowest BCUT2D eigenvalue weighted by molar-refractivity contribution is -0.128. The average Bonchev–Trinajstić information content (AvgIpc) is 2.70. The number of nitrogens with one attached hydrogen (secondary N) is 1. The molecule has 0 unspecified atom stereocenters. The summed E-state index contributed by atoms with van der Waals surface area (Å²) in [5.41, 5.74) is 2.52. The van der Waals surface area contributed by atoms with Gasteiger partial charge in [-0.15, -0.1) is 0 Å². The topological polar surface area (TPSA) is 47.6 Å². The molecule has 2 aromatic carbocycles. The standard InChI is InChI=1S/C25H35NO3/c1-6-22(29-21-16-14-20(15-17-21)25(3,4)5)24(27)26-18-10-12-19-11-8-9-13-23(19)28-7-2/h8-9,11,13-17,22H,6-7,10,12,18H2,1-5H3,(H,26,27)/t22-/m1/s1. The van der Waals surface area contributed by atoms with Crippen molar-refractivity contribution in [2.45, 2.75) is 65.4 Å². The molecule has 1 N–H and O–H groups in total. The number of rotatable bonds is 10. The molecule has 158 valence electrons. The fourth-order valence-corrected chi connectivity index (χ4v) is 3.13. The van der Waals surface area contributed by atoms with Gasteiger partial charge in [-0.25, -0.2) is 0 Å². The van der Waals surface area contributed by atoms with E-state index in [-0.39, 0.29) is 11.3 Å². The first-order chi connectivity index (χ1) is 13.8. The zero-order valence-electron chi connectivity index (χ0n) is 18.5. The van der Waals surface area contributed by atoms with E-state index in [1.807, 2.05) is 44.2 Å². The van der Waals surface area contributed by atoms with Crippen LogP contribution in [0.5, 0.6) is 11.5 Å². The Balaban J connectivity index is 1.82. The molecule has 1 atom stereocenters.